The molecule has 1 fully saturated rings. The van der Waals surface area contributed by atoms with Gasteiger partial charge in [-0.1, -0.05) is 44.4 Å². The number of hydrazine groups is 1. The Morgan fingerprint density at radius 2 is 1.90 bits per heavy atom. The molecule has 20 heavy (non-hydrogen) atoms. The van der Waals surface area contributed by atoms with Crippen molar-refractivity contribution in [2.75, 3.05) is 0 Å². The summed E-state index contributed by atoms with van der Waals surface area (Å²) in [6.07, 6.45) is 9.14. The quantitative estimate of drug-likeness (QED) is 0.366. The highest BCUT2D eigenvalue weighted by Gasteiger charge is 2.24. The highest BCUT2D eigenvalue weighted by atomic mass is 15.3. The molecule has 3 heteroatoms. The lowest BCUT2D eigenvalue weighted by Gasteiger charge is -2.29. The van der Waals surface area contributed by atoms with Gasteiger partial charge in [-0.3, -0.25) is 0 Å². The van der Waals surface area contributed by atoms with E-state index in [2.05, 4.69) is 17.3 Å². The Morgan fingerprint density at radius 1 is 1.20 bits per heavy atom. The maximum atomic E-state index is 5.69. The lowest BCUT2D eigenvalue weighted by atomic mass is 9.79. The number of para-hydroxylation sites is 1. The summed E-state index contributed by atoms with van der Waals surface area (Å²) in [5.74, 6) is 8.05. The van der Waals surface area contributed by atoms with Crippen molar-refractivity contribution in [3.05, 3.63) is 30.3 Å². The normalized spacial score (nSPS) is 23.6. The number of nitrogens with one attached hydrogen (secondary N) is 1. The van der Waals surface area contributed by atoms with Crippen LogP contribution in [0.1, 0.15) is 51.9 Å². The van der Waals surface area contributed by atoms with E-state index in [-0.39, 0.29) is 0 Å². The van der Waals surface area contributed by atoms with E-state index in [0.29, 0.717) is 5.92 Å². The number of nitrogens with zero attached hydrogens (tertiary/aromatic N) is 1. The van der Waals surface area contributed by atoms with Crippen molar-refractivity contribution in [1.29, 1.82) is 0 Å². The van der Waals surface area contributed by atoms with Gasteiger partial charge in [0.05, 0.1) is 5.69 Å². The van der Waals surface area contributed by atoms with E-state index in [4.69, 9.17) is 5.84 Å². The van der Waals surface area contributed by atoms with E-state index in [1.165, 1.54) is 44.9 Å². The van der Waals surface area contributed by atoms with Gasteiger partial charge < -0.3 is 5.43 Å². The third kappa shape index (κ3) is 4.34. The van der Waals surface area contributed by atoms with Crippen molar-refractivity contribution < 1.29 is 0 Å². The summed E-state index contributed by atoms with van der Waals surface area (Å²) in [7, 11) is 0. The van der Waals surface area contributed by atoms with E-state index < -0.39 is 0 Å². The van der Waals surface area contributed by atoms with E-state index in [1.54, 1.807) is 0 Å². The molecule has 3 nitrogen and oxygen atoms in total. The number of hydrogen-bond donors (Lipinski definition) is 2. The Hall–Kier alpha value is -1.35. The van der Waals surface area contributed by atoms with Crippen LogP contribution in [0.4, 0.5) is 5.69 Å². The fourth-order valence-corrected chi connectivity index (χ4v) is 3.10. The lowest BCUT2D eigenvalue weighted by molar-refractivity contribution is 0.298. The second-order valence-corrected chi connectivity index (χ2v) is 5.84. The lowest BCUT2D eigenvalue weighted by Crippen LogP contribution is -2.37. The first-order chi connectivity index (χ1) is 9.83. The molecule has 0 aliphatic heterocycles. The fourth-order valence-electron chi connectivity index (χ4n) is 3.10. The Bertz CT molecular complexity index is 406. The fraction of sp³-hybridized carbons (Fsp3) is 0.588. The molecule has 0 atom stereocenters. The number of amidine groups is 1. The minimum atomic E-state index is 0.498. The molecule has 0 heterocycles. The summed E-state index contributed by atoms with van der Waals surface area (Å²) < 4.78 is 0. The van der Waals surface area contributed by atoms with Crippen molar-refractivity contribution >= 4 is 11.5 Å². The first kappa shape index (κ1) is 15.0. The standard InChI is InChI=1S/C17H27N3/c1-2-3-7-14-10-12-15(13-11-14)17(20-18)19-16-8-5-4-6-9-16/h4-6,8-9,14-15H,2-3,7,10-13,18H2,1H3,(H,19,20). The average Bonchev–Trinajstić information content (AvgIpc) is 2.52. The molecule has 1 aromatic rings. The minimum Gasteiger partial charge on any atom is -0.312 e. The third-order valence-electron chi connectivity index (χ3n) is 4.35. The molecule has 0 amide bonds. The summed E-state index contributed by atoms with van der Waals surface area (Å²) in [6, 6.07) is 10.1. The van der Waals surface area contributed by atoms with Crippen molar-refractivity contribution in [2.24, 2.45) is 22.7 Å². The van der Waals surface area contributed by atoms with Crippen molar-refractivity contribution in [3.63, 3.8) is 0 Å². The smallest absolute Gasteiger partial charge is 0.119 e. The number of unbranched alkanes of at least 4 members (excludes halogenated alkanes) is 1. The Balaban J connectivity index is 1.92. The van der Waals surface area contributed by atoms with Crippen LogP contribution in [0.2, 0.25) is 0 Å². The summed E-state index contributed by atoms with van der Waals surface area (Å²) in [6.45, 7) is 2.27. The van der Waals surface area contributed by atoms with Gasteiger partial charge in [-0.25, -0.2) is 10.8 Å². The summed E-state index contributed by atoms with van der Waals surface area (Å²) in [4.78, 5) is 4.67. The highest BCUT2D eigenvalue weighted by Crippen LogP contribution is 2.32. The van der Waals surface area contributed by atoms with Crippen LogP contribution in [-0.4, -0.2) is 5.84 Å². The van der Waals surface area contributed by atoms with Gasteiger partial charge in [0.15, 0.2) is 0 Å². The van der Waals surface area contributed by atoms with Crippen LogP contribution in [0, 0.1) is 11.8 Å². The maximum absolute atomic E-state index is 5.69. The van der Waals surface area contributed by atoms with Crippen LogP contribution in [0.3, 0.4) is 0 Å². The summed E-state index contributed by atoms with van der Waals surface area (Å²) in [5, 5.41) is 0. The SMILES string of the molecule is CCCCC1CCC(C(=Nc2ccccc2)NN)CC1. The second kappa shape index (κ2) is 8.05. The number of nitrogens with two attached hydrogens (primary N) is 1. The Kier molecular flexibility index (Phi) is 6.06. The van der Waals surface area contributed by atoms with Crippen LogP contribution in [-0.2, 0) is 0 Å². The Labute approximate surface area is 122 Å². The molecule has 0 unspecified atom stereocenters. The number of hydrogen-bond acceptors (Lipinski definition) is 2. The largest absolute Gasteiger partial charge is 0.312 e. The molecule has 0 spiro atoms. The second-order valence-electron chi connectivity index (χ2n) is 5.84. The molecular weight excluding hydrogens is 246 g/mol. The van der Waals surface area contributed by atoms with Crippen molar-refractivity contribution in [1.82, 2.24) is 5.43 Å². The van der Waals surface area contributed by atoms with Gasteiger partial charge in [-0.15, -0.1) is 0 Å². The zero-order chi connectivity index (χ0) is 14.2. The van der Waals surface area contributed by atoms with Gasteiger partial charge in [0.25, 0.3) is 0 Å². The topological polar surface area (TPSA) is 50.4 Å². The maximum Gasteiger partial charge on any atom is 0.119 e. The molecule has 2 rings (SSSR count). The molecule has 1 saturated carbocycles. The van der Waals surface area contributed by atoms with Gasteiger partial charge in [0.2, 0.25) is 0 Å². The van der Waals surface area contributed by atoms with Gasteiger partial charge in [-0.2, -0.15) is 0 Å². The molecule has 3 N–H and O–H groups in total. The molecule has 1 aliphatic rings. The summed E-state index contributed by atoms with van der Waals surface area (Å²) in [5.41, 5.74) is 3.81. The third-order valence-corrected chi connectivity index (χ3v) is 4.35. The molecule has 1 aromatic carbocycles. The molecular formula is C17H27N3. The predicted octanol–water partition coefficient (Wildman–Crippen LogP) is 4.18. The van der Waals surface area contributed by atoms with E-state index >= 15 is 0 Å². The van der Waals surface area contributed by atoms with Crippen molar-refractivity contribution in [3.8, 4) is 0 Å². The number of rotatable bonds is 5. The van der Waals surface area contributed by atoms with E-state index in [1.807, 2.05) is 30.3 Å². The minimum absolute atomic E-state index is 0.498. The molecule has 0 saturated heterocycles. The number of aliphatic imine (C=N–C) groups is 1. The molecule has 0 radical (unpaired) electrons. The van der Waals surface area contributed by atoms with Crippen LogP contribution in [0.15, 0.2) is 35.3 Å². The highest BCUT2D eigenvalue weighted by molar-refractivity contribution is 5.86. The zero-order valence-corrected chi connectivity index (χ0v) is 12.5. The van der Waals surface area contributed by atoms with Crippen molar-refractivity contribution in [2.45, 2.75) is 51.9 Å². The van der Waals surface area contributed by atoms with Gasteiger partial charge >= 0.3 is 0 Å². The van der Waals surface area contributed by atoms with Crippen LogP contribution >= 0.6 is 0 Å². The van der Waals surface area contributed by atoms with Crippen LogP contribution in [0.5, 0.6) is 0 Å². The summed E-state index contributed by atoms with van der Waals surface area (Å²) >= 11 is 0. The van der Waals surface area contributed by atoms with E-state index in [0.717, 1.165) is 17.4 Å². The van der Waals surface area contributed by atoms with Gasteiger partial charge in [0.1, 0.15) is 5.84 Å². The molecule has 0 aromatic heterocycles. The molecule has 0 bridgehead atoms. The molecule has 110 valence electrons. The first-order valence-corrected chi connectivity index (χ1v) is 7.93. The van der Waals surface area contributed by atoms with E-state index in [9.17, 15) is 0 Å². The Morgan fingerprint density at radius 3 is 2.50 bits per heavy atom. The monoisotopic (exact) mass is 273 g/mol. The molecule has 1 aliphatic carbocycles. The van der Waals surface area contributed by atoms with Gasteiger partial charge in [-0.05, 0) is 43.7 Å². The average molecular weight is 273 g/mol. The predicted molar refractivity (Wildman–Crippen MR) is 85.8 cm³/mol. The first-order valence-electron chi connectivity index (χ1n) is 7.93. The van der Waals surface area contributed by atoms with Crippen LogP contribution in [0.25, 0.3) is 0 Å². The van der Waals surface area contributed by atoms with Crippen LogP contribution < -0.4 is 11.3 Å². The van der Waals surface area contributed by atoms with Gasteiger partial charge in [0, 0.05) is 5.92 Å². The number of benzene rings is 1. The zero-order valence-electron chi connectivity index (χ0n) is 12.5.